The van der Waals surface area contributed by atoms with Crippen LogP contribution in [0.25, 0.3) is 0 Å². The van der Waals surface area contributed by atoms with Crippen LogP contribution in [0.15, 0.2) is 46.9 Å². The Bertz CT molecular complexity index is 1130. The second kappa shape index (κ2) is 13.2. The van der Waals surface area contributed by atoms with E-state index in [1.165, 1.54) is 10.6 Å². The third-order valence-electron chi connectivity index (χ3n) is 6.08. The fourth-order valence-corrected chi connectivity index (χ4v) is 5.15. The van der Waals surface area contributed by atoms with Crippen LogP contribution in [-0.4, -0.2) is 50.0 Å². The van der Waals surface area contributed by atoms with Crippen LogP contribution < -0.4 is 9.62 Å². The summed E-state index contributed by atoms with van der Waals surface area (Å²) in [5.41, 5.74) is 3.44. The zero-order chi connectivity index (χ0) is 27.0. The maximum atomic E-state index is 13.4. The molecule has 36 heavy (non-hydrogen) atoms. The van der Waals surface area contributed by atoms with Gasteiger partial charge in [-0.15, -0.1) is 0 Å². The Kier molecular flexibility index (Phi) is 11.0. The normalized spacial score (nSPS) is 13.1. The molecule has 0 fully saturated rings. The maximum Gasteiger partial charge on any atom is 0.242 e. The van der Waals surface area contributed by atoms with E-state index in [1.807, 2.05) is 70.2 Å². The summed E-state index contributed by atoms with van der Waals surface area (Å²) in [4.78, 5) is 27.8. The van der Waals surface area contributed by atoms with E-state index in [-0.39, 0.29) is 37.4 Å². The Morgan fingerprint density at radius 2 is 1.61 bits per heavy atom. The second-order valence-corrected chi connectivity index (χ2v) is 12.2. The van der Waals surface area contributed by atoms with Crippen molar-refractivity contribution in [1.29, 1.82) is 0 Å². The van der Waals surface area contributed by atoms with Crippen LogP contribution in [-0.2, 0) is 26.2 Å². The minimum absolute atomic E-state index is 0.00527. The Morgan fingerprint density at radius 3 is 2.14 bits per heavy atom. The fraction of sp³-hybridized carbons (Fsp3) is 0.481. The van der Waals surface area contributed by atoms with Gasteiger partial charge in [-0.05, 0) is 81.5 Å². The summed E-state index contributed by atoms with van der Waals surface area (Å²) in [5, 5.41) is 2.96. The monoisotopic (exact) mass is 579 g/mol. The Labute approximate surface area is 224 Å². The predicted molar refractivity (Wildman–Crippen MR) is 149 cm³/mol. The lowest BCUT2D eigenvalue weighted by molar-refractivity contribution is -0.140. The van der Waals surface area contributed by atoms with E-state index >= 15 is 0 Å². The van der Waals surface area contributed by atoms with Crippen LogP contribution in [0.4, 0.5) is 5.69 Å². The molecule has 2 aromatic rings. The van der Waals surface area contributed by atoms with Crippen LogP contribution in [0.3, 0.4) is 0 Å². The van der Waals surface area contributed by atoms with E-state index in [0.717, 1.165) is 27.6 Å². The highest BCUT2D eigenvalue weighted by molar-refractivity contribution is 9.10. The number of hydrogen-bond acceptors (Lipinski definition) is 4. The molecule has 7 nitrogen and oxygen atoms in total. The summed E-state index contributed by atoms with van der Waals surface area (Å²) < 4.78 is 27.3. The van der Waals surface area contributed by atoms with Crippen molar-refractivity contribution in [3.05, 3.63) is 63.6 Å². The summed E-state index contributed by atoms with van der Waals surface area (Å²) in [6.45, 7) is 9.95. The quantitative estimate of drug-likeness (QED) is 0.385. The smallest absolute Gasteiger partial charge is 0.242 e. The molecule has 0 saturated carbocycles. The molecule has 0 radical (unpaired) electrons. The zero-order valence-corrected chi connectivity index (χ0v) is 24.4. The van der Waals surface area contributed by atoms with Crippen molar-refractivity contribution in [3.63, 3.8) is 0 Å². The first-order valence-electron chi connectivity index (χ1n) is 12.2. The van der Waals surface area contributed by atoms with Crippen LogP contribution in [0.1, 0.15) is 56.7 Å². The van der Waals surface area contributed by atoms with Gasteiger partial charge in [-0.25, -0.2) is 8.42 Å². The molecule has 0 aliphatic heterocycles. The average molecular weight is 581 g/mol. The number of carbonyl (C=O) groups excluding carboxylic acids is 2. The molecule has 0 aromatic heterocycles. The molecule has 0 aliphatic rings. The summed E-state index contributed by atoms with van der Waals surface area (Å²) in [5.74, 6) is -0.401. The van der Waals surface area contributed by atoms with Crippen molar-refractivity contribution in [3.8, 4) is 0 Å². The molecule has 2 atom stereocenters. The molecule has 2 aromatic carbocycles. The first kappa shape index (κ1) is 29.8. The SMILES string of the molecule is CC[C@@H](C)NC(=O)[C@H](C)N(Cc1ccc(Br)cc1)C(=O)CCCN(c1cc(C)cc(C)c1)S(C)(=O)=O. The van der Waals surface area contributed by atoms with E-state index in [4.69, 9.17) is 0 Å². The number of halogens is 1. The van der Waals surface area contributed by atoms with Crippen molar-refractivity contribution in [2.75, 3.05) is 17.1 Å². The molecule has 0 heterocycles. The van der Waals surface area contributed by atoms with Gasteiger partial charge in [0.25, 0.3) is 0 Å². The van der Waals surface area contributed by atoms with Gasteiger partial charge in [-0.3, -0.25) is 13.9 Å². The van der Waals surface area contributed by atoms with E-state index in [2.05, 4.69) is 21.2 Å². The molecule has 2 amide bonds. The fourth-order valence-electron chi connectivity index (χ4n) is 3.93. The molecule has 0 bridgehead atoms. The molecule has 9 heteroatoms. The van der Waals surface area contributed by atoms with Gasteiger partial charge in [0.1, 0.15) is 6.04 Å². The van der Waals surface area contributed by atoms with Gasteiger partial charge in [0.2, 0.25) is 21.8 Å². The molecular weight excluding hydrogens is 542 g/mol. The van der Waals surface area contributed by atoms with Crippen LogP contribution in [0.2, 0.25) is 0 Å². The molecular formula is C27H38BrN3O4S. The highest BCUT2D eigenvalue weighted by atomic mass is 79.9. The van der Waals surface area contributed by atoms with Crippen molar-refractivity contribution >= 4 is 43.5 Å². The molecule has 0 unspecified atom stereocenters. The number of anilines is 1. The van der Waals surface area contributed by atoms with Crippen molar-refractivity contribution in [1.82, 2.24) is 10.2 Å². The van der Waals surface area contributed by atoms with E-state index < -0.39 is 16.1 Å². The number of benzene rings is 2. The number of rotatable bonds is 12. The molecule has 0 spiro atoms. The zero-order valence-electron chi connectivity index (χ0n) is 22.0. The van der Waals surface area contributed by atoms with E-state index in [0.29, 0.717) is 12.1 Å². The summed E-state index contributed by atoms with van der Waals surface area (Å²) in [7, 11) is -3.53. The standard InChI is InChI=1S/C27H38BrN3O4S/c1-7-21(4)29-27(33)22(5)30(18-23-10-12-24(28)13-11-23)26(32)9-8-14-31(36(6,34)35)25-16-19(2)15-20(3)17-25/h10-13,15-17,21-22H,7-9,14,18H2,1-6H3,(H,29,33)/t21-,22+/m1/s1. The third-order valence-corrected chi connectivity index (χ3v) is 7.80. The number of carbonyl (C=O) groups is 2. The summed E-state index contributed by atoms with van der Waals surface area (Å²) >= 11 is 3.42. The minimum Gasteiger partial charge on any atom is -0.352 e. The topological polar surface area (TPSA) is 86.8 Å². The van der Waals surface area contributed by atoms with Gasteiger partial charge < -0.3 is 10.2 Å². The van der Waals surface area contributed by atoms with Crippen molar-refractivity contribution in [2.24, 2.45) is 0 Å². The van der Waals surface area contributed by atoms with Gasteiger partial charge in [0.05, 0.1) is 11.9 Å². The number of nitrogens with zero attached hydrogens (tertiary/aromatic N) is 2. The Morgan fingerprint density at radius 1 is 1.03 bits per heavy atom. The van der Waals surface area contributed by atoms with Gasteiger partial charge in [-0.2, -0.15) is 0 Å². The highest BCUT2D eigenvalue weighted by Crippen LogP contribution is 2.22. The Hall–Kier alpha value is -2.39. The van der Waals surface area contributed by atoms with E-state index in [9.17, 15) is 18.0 Å². The number of nitrogens with one attached hydrogen (secondary N) is 1. The minimum atomic E-state index is -3.53. The van der Waals surface area contributed by atoms with Crippen LogP contribution in [0.5, 0.6) is 0 Å². The number of amides is 2. The molecule has 0 aliphatic carbocycles. The first-order chi connectivity index (χ1) is 16.8. The third kappa shape index (κ3) is 8.92. The lowest BCUT2D eigenvalue weighted by Crippen LogP contribution is -2.49. The summed E-state index contributed by atoms with van der Waals surface area (Å²) in [6.07, 6.45) is 2.41. The van der Waals surface area contributed by atoms with E-state index in [1.54, 1.807) is 11.8 Å². The summed E-state index contributed by atoms with van der Waals surface area (Å²) in [6, 6.07) is 12.6. The second-order valence-electron chi connectivity index (χ2n) is 9.43. The molecule has 0 saturated heterocycles. The molecule has 2 rings (SSSR count). The van der Waals surface area contributed by atoms with Gasteiger partial charge in [0, 0.05) is 30.0 Å². The molecule has 1 N–H and O–H groups in total. The van der Waals surface area contributed by atoms with Crippen molar-refractivity contribution in [2.45, 2.75) is 72.5 Å². The van der Waals surface area contributed by atoms with Gasteiger partial charge in [-0.1, -0.05) is 41.1 Å². The van der Waals surface area contributed by atoms with Crippen LogP contribution >= 0.6 is 15.9 Å². The number of aryl methyl sites for hydroxylation is 2. The number of sulfonamides is 1. The van der Waals surface area contributed by atoms with Gasteiger partial charge >= 0.3 is 0 Å². The lowest BCUT2D eigenvalue weighted by atomic mass is 10.1. The first-order valence-corrected chi connectivity index (χ1v) is 14.9. The maximum absolute atomic E-state index is 13.4. The Balaban J connectivity index is 2.19. The van der Waals surface area contributed by atoms with Gasteiger partial charge in [0.15, 0.2) is 0 Å². The highest BCUT2D eigenvalue weighted by Gasteiger charge is 2.27. The van der Waals surface area contributed by atoms with Crippen LogP contribution in [0, 0.1) is 13.8 Å². The predicted octanol–water partition coefficient (Wildman–Crippen LogP) is 4.94. The number of hydrogen-bond donors (Lipinski definition) is 1. The average Bonchev–Trinajstić information content (AvgIpc) is 2.79. The lowest BCUT2D eigenvalue weighted by Gasteiger charge is -2.30. The molecule has 198 valence electrons. The largest absolute Gasteiger partial charge is 0.352 e. The van der Waals surface area contributed by atoms with Crippen molar-refractivity contribution < 1.29 is 18.0 Å².